The molecule has 14 nitrogen and oxygen atoms in total. The monoisotopic (exact) mass is 974 g/mol. The van der Waals surface area contributed by atoms with Crippen LogP contribution in [0.5, 0.6) is 5.75 Å². The Kier molecular flexibility index (Phi) is 18.0. The number of aliphatic carboxylic acids is 1. The molecule has 3 heterocycles. The number of halogens is 3. The third-order valence-electron chi connectivity index (χ3n) is 11.1. The topological polar surface area (TPSA) is 188 Å². The number of unbranched alkanes of at least 4 members (excludes halogenated alkanes) is 1. The first-order valence-electron chi connectivity index (χ1n) is 21.9. The largest absolute Gasteiger partial charge is 0.490 e. The molecule has 7 rings (SSSR count). The minimum atomic E-state index is -0.750. The molecular weight excluding hydrogens is 922 g/mol. The Hall–Kier alpha value is -5.76. The summed E-state index contributed by atoms with van der Waals surface area (Å²) in [7, 11) is 0. The third kappa shape index (κ3) is 12.8. The molecular formula is C48H53ClF2N8O6S2. The van der Waals surface area contributed by atoms with Crippen molar-refractivity contribution in [2.45, 2.75) is 66.0 Å². The van der Waals surface area contributed by atoms with E-state index in [4.69, 9.17) is 27.2 Å². The molecule has 0 aliphatic carbocycles. The Morgan fingerprint density at radius 2 is 1.45 bits per heavy atom. The van der Waals surface area contributed by atoms with Gasteiger partial charge in [0.1, 0.15) is 34.3 Å². The van der Waals surface area contributed by atoms with Gasteiger partial charge in [-0.05, 0) is 106 Å². The average Bonchev–Trinajstić information content (AvgIpc) is 4.02. The van der Waals surface area contributed by atoms with Crippen LogP contribution in [0.4, 0.5) is 19.0 Å². The van der Waals surface area contributed by atoms with Crippen molar-refractivity contribution in [3.8, 4) is 26.9 Å². The second kappa shape index (κ2) is 23.8. The number of ether oxygens (including phenoxy) is 1. The number of carboxylic acids is 1. The SMILES string of the molecule is CCCCN(C(=O)c1ccccc1F)c1nnc(-c2cc(C)c(OCC(O)CN)c(C)c2)s1.CCN(C(=O)c1cccc(Cl)c1F)c1nnc(-c2ccc(CN3CCC(C(=O)O)CC3)cc2)s1. The van der Waals surface area contributed by atoms with Crippen LogP contribution in [-0.2, 0) is 11.3 Å². The first-order valence-corrected chi connectivity index (χ1v) is 23.9. The Labute approximate surface area is 401 Å². The number of aliphatic hydroxyl groups is 1. The quantitative estimate of drug-likeness (QED) is 0.0788. The maximum absolute atomic E-state index is 14.4. The number of carbonyl (C=O) groups is 3. The van der Waals surface area contributed by atoms with Crippen LogP contribution in [0.1, 0.15) is 76.9 Å². The molecule has 1 saturated heterocycles. The highest BCUT2D eigenvalue weighted by atomic mass is 35.5. The van der Waals surface area contributed by atoms with E-state index in [1.807, 2.05) is 57.2 Å². The molecule has 0 saturated carbocycles. The van der Waals surface area contributed by atoms with Gasteiger partial charge in [-0.3, -0.25) is 29.1 Å². The summed E-state index contributed by atoms with van der Waals surface area (Å²) in [6.07, 6.45) is 2.26. The standard InChI is InChI=1S/C24H24ClFN4O3S.C24H29FN4O3S/c1-2-30(22(31)18-4-3-5-19(25)20(18)26)24-28-27-21(34-24)16-8-6-15(7-9-16)14-29-12-10-17(11-13-29)23(32)33;1-4-5-10-29(23(31)19-8-6-7-9-20(19)25)24-28-27-22(33-24)17-11-15(2)21(16(3)12-17)32-14-18(30)13-26/h3-9,17H,2,10-14H2,1H3,(H,32,33);6-9,11-12,18,30H,4-5,10,13-14,26H2,1-3H3. The average molecular weight is 976 g/mol. The van der Waals surface area contributed by atoms with Gasteiger partial charge in [0.05, 0.1) is 22.1 Å². The molecule has 0 bridgehead atoms. The summed E-state index contributed by atoms with van der Waals surface area (Å²) in [6, 6.07) is 22.1. The van der Waals surface area contributed by atoms with Crippen molar-refractivity contribution in [2.75, 3.05) is 49.1 Å². The number of nitrogens with two attached hydrogens (primary N) is 1. The molecule has 1 unspecified atom stereocenters. The summed E-state index contributed by atoms with van der Waals surface area (Å²) in [6.45, 7) is 10.9. The molecule has 0 spiro atoms. The van der Waals surface area contributed by atoms with E-state index in [1.54, 1.807) is 19.1 Å². The number of aryl methyl sites for hydroxylation is 2. The van der Waals surface area contributed by atoms with Gasteiger partial charge in [-0.15, -0.1) is 20.4 Å². The third-order valence-corrected chi connectivity index (χ3v) is 13.3. The van der Waals surface area contributed by atoms with Crippen LogP contribution in [0.2, 0.25) is 5.02 Å². The number of likely N-dealkylation sites (tertiary alicyclic amines) is 1. The smallest absolute Gasteiger partial charge is 0.306 e. The summed E-state index contributed by atoms with van der Waals surface area (Å²) in [5, 5.41) is 37.8. The van der Waals surface area contributed by atoms with E-state index in [9.17, 15) is 28.3 Å². The predicted molar refractivity (Wildman–Crippen MR) is 258 cm³/mol. The highest BCUT2D eigenvalue weighted by molar-refractivity contribution is 7.19. The Morgan fingerprint density at radius 3 is 2.04 bits per heavy atom. The second-order valence-corrected chi connectivity index (χ2v) is 18.3. The fraction of sp³-hybridized carbons (Fsp3) is 0.354. The zero-order chi connectivity index (χ0) is 48.2. The zero-order valence-corrected chi connectivity index (χ0v) is 40.0. The number of carbonyl (C=O) groups excluding carboxylic acids is 2. The number of aliphatic hydroxyl groups excluding tert-OH is 1. The van der Waals surface area contributed by atoms with E-state index >= 15 is 0 Å². The molecule has 4 N–H and O–H groups in total. The molecule has 19 heteroatoms. The van der Waals surface area contributed by atoms with Crippen LogP contribution in [0, 0.1) is 31.4 Å². The second-order valence-electron chi connectivity index (χ2n) is 15.9. The number of rotatable bonds is 17. The van der Waals surface area contributed by atoms with Crippen molar-refractivity contribution >= 4 is 62.3 Å². The van der Waals surface area contributed by atoms with Crippen molar-refractivity contribution in [1.82, 2.24) is 25.3 Å². The summed E-state index contributed by atoms with van der Waals surface area (Å²) in [5.41, 5.74) is 9.96. The zero-order valence-electron chi connectivity index (χ0n) is 37.6. The van der Waals surface area contributed by atoms with E-state index < -0.39 is 35.5 Å². The van der Waals surface area contributed by atoms with E-state index in [2.05, 4.69) is 25.3 Å². The van der Waals surface area contributed by atoms with E-state index in [1.165, 1.54) is 62.8 Å². The van der Waals surface area contributed by atoms with Gasteiger partial charge in [0.25, 0.3) is 11.8 Å². The van der Waals surface area contributed by atoms with Gasteiger partial charge in [0.2, 0.25) is 10.3 Å². The molecule has 4 aromatic carbocycles. The molecule has 1 atom stereocenters. The predicted octanol–water partition coefficient (Wildman–Crippen LogP) is 9.07. The lowest BCUT2D eigenvalue weighted by molar-refractivity contribution is -0.143. The molecule has 1 aliphatic heterocycles. The van der Waals surface area contributed by atoms with Gasteiger partial charge in [-0.25, -0.2) is 8.78 Å². The highest BCUT2D eigenvalue weighted by Crippen LogP contribution is 2.35. The molecule has 67 heavy (non-hydrogen) atoms. The van der Waals surface area contributed by atoms with Gasteiger partial charge in [0.15, 0.2) is 5.82 Å². The number of hydrogen-bond donors (Lipinski definition) is 3. The number of benzene rings is 4. The van der Waals surface area contributed by atoms with Crippen molar-refractivity contribution in [3.63, 3.8) is 0 Å². The fourth-order valence-corrected chi connectivity index (χ4v) is 9.28. The molecule has 6 aromatic rings. The maximum Gasteiger partial charge on any atom is 0.306 e. The van der Waals surface area contributed by atoms with Crippen LogP contribution in [0.3, 0.4) is 0 Å². The van der Waals surface area contributed by atoms with E-state index in [0.29, 0.717) is 52.0 Å². The molecule has 1 aliphatic rings. The van der Waals surface area contributed by atoms with Crippen LogP contribution in [0.15, 0.2) is 78.9 Å². The van der Waals surface area contributed by atoms with Gasteiger partial charge in [0, 0.05) is 37.3 Å². The number of amides is 2. The molecule has 2 amide bonds. The molecule has 2 aromatic heterocycles. The lowest BCUT2D eigenvalue weighted by Gasteiger charge is -2.30. The van der Waals surface area contributed by atoms with Crippen molar-refractivity contribution < 1.29 is 38.1 Å². The number of piperidine rings is 1. The van der Waals surface area contributed by atoms with Crippen LogP contribution in [0.25, 0.3) is 21.1 Å². The van der Waals surface area contributed by atoms with E-state index in [-0.39, 0.29) is 35.2 Å². The first-order chi connectivity index (χ1) is 32.2. The Morgan fingerprint density at radius 1 is 0.851 bits per heavy atom. The molecule has 1 fully saturated rings. The van der Waals surface area contributed by atoms with Crippen LogP contribution < -0.4 is 20.3 Å². The van der Waals surface area contributed by atoms with Crippen LogP contribution in [-0.4, -0.2) is 98.7 Å². The molecule has 0 radical (unpaired) electrons. The first kappa shape index (κ1) is 50.6. The number of nitrogens with zero attached hydrogens (tertiary/aromatic N) is 7. The van der Waals surface area contributed by atoms with Crippen molar-refractivity contribution in [1.29, 1.82) is 0 Å². The minimum absolute atomic E-state index is 0.0122. The van der Waals surface area contributed by atoms with E-state index in [0.717, 1.165) is 60.3 Å². The highest BCUT2D eigenvalue weighted by Gasteiger charge is 2.27. The summed E-state index contributed by atoms with van der Waals surface area (Å²) in [5.74, 6) is -2.52. The normalized spacial score (nSPS) is 13.4. The molecule has 354 valence electrons. The van der Waals surface area contributed by atoms with Gasteiger partial charge in [-0.2, -0.15) is 0 Å². The van der Waals surface area contributed by atoms with Gasteiger partial charge in [-0.1, -0.05) is 90.1 Å². The number of aromatic nitrogens is 4. The Bertz CT molecular complexity index is 2620. The van der Waals surface area contributed by atoms with Crippen molar-refractivity contribution in [3.05, 3.63) is 123 Å². The summed E-state index contributed by atoms with van der Waals surface area (Å²) < 4.78 is 34.3. The van der Waals surface area contributed by atoms with Gasteiger partial charge < -0.3 is 20.7 Å². The fourth-order valence-electron chi connectivity index (χ4n) is 7.34. The lowest BCUT2D eigenvalue weighted by atomic mass is 9.97. The number of carboxylic acid groups (broad SMARTS) is 1. The minimum Gasteiger partial charge on any atom is -0.490 e. The maximum atomic E-state index is 14.4. The summed E-state index contributed by atoms with van der Waals surface area (Å²) in [4.78, 5) is 42.3. The van der Waals surface area contributed by atoms with Crippen molar-refractivity contribution in [2.24, 2.45) is 11.7 Å². The van der Waals surface area contributed by atoms with Crippen LogP contribution >= 0.6 is 34.3 Å². The number of hydrogen-bond acceptors (Lipinski definition) is 13. The van der Waals surface area contributed by atoms with Gasteiger partial charge >= 0.3 is 5.97 Å². The lowest BCUT2D eigenvalue weighted by Crippen LogP contribution is -2.35. The number of anilines is 2. The summed E-state index contributed by atoms with van der Waals surface area (Å²) >= 11 is 8.37. The Balaban J connectivity index is 0.000000221.